The van der Waals surface area contributed by atoms with Gasteiger partial charge in [-0.15, -0.1) is 0 Å². The normalized spacial score (nSPS) is 11.1. The van der Waals surface area contributed by atoms with Crippen LogP contribution >= 0.6 is 0 Å². The smallest absolute Gasteiger partial charge is 0.335 e. The van der Waals surface area contributed by atoms with Gasteiger partial charge in [0, 0.05) is 0 Å². The molecule has 28 heavy (non-hydrogen) atoms. The molecule has 0 atom stereocenters. The third-order valence-electron chi connectivity index (χ3n) is 4.03. The van der Waals surface area contributed by atoms with Gasteiger partial charge in [-0.2, -0.15) is 0 Å². The number of benzene rings is 3. The van der Waals surface area contributed by atoms with Crippen LogP contribution in [-0.2, 0) is 10.0 Å². The summed E-state index contributed by atoms with van der Waals surface area (Å²) in [4.78, 5) is 11.1. The molecule has 0 unspecified atom stereocenters. The zero-order chi connectivity index (χ0) is 20.3. The van der Waals surface area contributed by atoms with E-state index in [2.05, 4.69) is 4.72 Å². The molecule has 0 saturated carbocycles. The van der Waals surface area contributed by atoms with E-state index in [-0.39, 0.29) is 27.7 Å². The Bertz CT molecular complexity index is 1110. The van der Waals surface area contributed by atoms with Crippen molar-refractivity contribution < 1.29 is 27.4 Å². The van der Waals surface area contributed by atoms with Crippen LogP contribution in [0.5, 0.6) is 5.75 Å². The van der Waals surface area contributed by atoms with Gasteiger partial charge in [-0.3, -0.25) is 4.72 Å². The van der Waals surface area contributed by atoms with Crippen LogP contribution in [0.2, 0.25) is 0 Å². The minimum atomic E-state index is -3.92. The van der Waals surface area contributed by atoms with Crippen LogP contribution in [0.3, 0.4) is 0 Å². The number of nitrogens with one attached hydrogen (secondary N) is 1. The lowest BCUT2D eigenvalue weighted by Gasteiger charge is -2.13. The minimum absolute atomic E-state index is 0.0164. The molecule has 0 saturated heterocycles. The van der Waals surface area contributed by atoms with Gasteiger partial charge in [0.05, 0.1) is 23.3 Å². The van der Waals surface area contributed by atoms with E-state index in [9.17, 15) is 17.6 Å². The number of carboxylic acids is 1. The Morgan fingerprint density at radius 3 is 2.07 bits per heavy atom. The molecule has 3 aromatic rings. The third-order valence-corrected chi connectivity index (χ3v) is 5.42. The fourth-order valence-electron chi connectivity index (χ4n) is 2.58. The van der Waals surface area contributed by atoms with Crippen LogP contribution in [0.1, 0.15) is 10.4 Å². The van der Waals surface area contributed by atoms with E-state index >= 15 is 0 Å². The van der Waals surface area contributed by atoms with Crippen molar-refractivity contribution in [2.45, 2.75) is 4.90 Å². The number of sulfonamides is 1. The summed E-state index contributed by atoms with van der Waals surface area (Å²) in [6.45, 7) is 0. The van der Waals surface area contributed by atoms with Gasteiger partial charge in [0.1, 0.15) is 11.6 Å². The van der Waals surface area contributed by atoms with Gasteiger partial charge in [-0.1, -0.05) is 24.3 Å². The molecule has 0 radical (unpaired) electrons. The first-order valence-electron chi connectivity index (χ1n) is 8.10. The molecule has 0 aliphatic carbocycles. The molecule has 0 bridgehead atoms. The number of carbonyl (C=O) groups is 1. The highest BCUT2D eigenvalue weighted by molar-refractivity contribution is 7.92. The van der Waals surface area contributed by atoms with Gasteiger partial charge in [0.15, 0.2) is 0 Å². The van der Waals surface area contributed by atoms with Gasteiger partial charge >= 0.3 is 5.97 Å². The highest BCUT2D eigenvalue weighted by Gasteiger charge is 2.18. The maximum Gasteiger partial charge on any atom is 0.335 e. The highest BCUT2D eigenvalue weighted by atomic mass is 32.2. The van der Waals surface area contributed by atoms with Crippen molar-refractivity contribution in [3.63, 3.8) is 0 Å². The fraction of sp³-hybridized carbons (Fsp3) is 0.0500. The molecule has 0 amide bonds. The Balaban J connectivity index is 1.87. The molecular formula is C20H16FNO5S. The molecule has 0 fully saturated rings. The molecule has 8 heteroatoms. The number of aromatic carboxylic acids is 1. The summed E-state index contributed by atoms with van der Waals surface area (Å²) >= 11 is 0. The Labute approximate surface area is 161 Å². The van der Waals surface area contributed by atoms with Crippen LogP contribution in [-0.4, -0.2) is 26.6 Å². The number of methoxy groups -OCH3 is 1. The maximum absolute atomic E-state index is 13.0. The Morgan fingerprint density at radius 2 is 1.54 bits per heavy atom. The van der Waals surface area contributed by atoms with Gasteiger partial charge in [-0.05, 0) is 53.6 Å². The number of hydrogen-bond donors (Lipinski definition) is 2. The lowest BCUT2D eigenvalue weighted by Crippen LogP contribution is -2.14. The van der Waals surface area contributed by atoms with E-state index in [1.807, 2.05) is 0 Å². The molecule has 0 spiro atoms. The third kappa shape index (κ3) is 4.12. The van der Waals surface area contributed by atoms with E-state index in [0.29, 0.717) is 0 Å². The van der Waals surface area contributed by atoms with Crippen LogP contribution in [0.4, 0.5) is 10.1 Å². The Hall–Kier alpha value is -3.39. The summed E-state index contributed by atoms with van der Waals surface area (Å²) in [5, 5.41) is 9.03. The number of carboxylic acid groups (broad SMARTS) is 1. The second kappa shape index (κ2) is 7.69. The van der Waals surface area contributed by atoms with E-state index in [4.69, 9.17) is 9.84 Å². The van der Waals surface area contributed by atoms with Crippen molar-refractivity contribution in [1.29, 1.82) is 0 Å². The van der Waals surface area contributed by atoms with E-state index in [0.717, 1.165) is 11.1 Å². The predicted octanol–water partition coefficient (Wildman–Crippen LogP) is 4.00. The molecule has 6 nitrogen and oxygen atoms in total. The molecule has 3 rings (SSSR count). The van der Waals surface area contributed by atoms with Crippen molar-refractivity contribution >= 4 is 21.7 Å². The van der Waals surface area contributed by atoms with Crippen LogP contribution < -0.4 is 9.46 Å². The average Bonchev–Trinajstić information content (AvgIpc) is 2.68. The predicted molar refractivity (Wildman–Crippen MR) is 103 cm³/mol. The first-order valence-corrected chi connectivity index (χ1v) is 9.58. The number of anilines is 1. The van der Waals surface area contributed by atoms with E-state index in [1.165, 1.54) is 49.6 Å². The van der Waals surface area contributed by atoms with Crippen molar-refractivity contribution in [3.05, 3.63) is 78.1 Å². The molecule has 144 valence electrons. The second-order valence-electron chi connectivity index (χ2n) is 5.86. The maximum atomic E-state index is 13.0. The number of ether oxygens (including phenoxy) is 1. The summed E-state index contributed by atoms with van der Waals surface area (Å²) in [5.74, 6) is -1.41. The molecule has 0 aliphatic heterocycles. The Kier molecular flexibility index (Phi) is 5.32. The largest absolute Gasteiger partial charge is 0.495 e. The van der Waals surface area contributed by atoms with Crippen molar-refractivity contribution in [3.8, 4) is 16.9 Å². The summed E-state index contributed by atoms with van der Waals surface area (Å²) in [7, 11) is -2.61. The first kappa shape index (κ1) is 19.4. The Morgan fingerprint density at radius 1 is 0.964 bits per heavy atom. The van der Waals surface area contributed by atoms with Gasteiger partial charge < -0.3 is 9.84 Å². The highest BCUT2D eigenvalue weighted by Crippen LogP contribution is 2.29. The SMILES string of the molecule is COc1cc(C(=O)O)ccc1NS(=O)(=O)c1ccc(-c2ccc(F)cc2)cc1. The first-order chi connectivity index (χ1) is 13.3. The molecule has 0 aliphatic rings. The monoisotopic (exact) mass is 401 g/mol. The second-order valence-corrected chi connectivity index (χ2v) is 7.54. The minimum Gasteiger partial charge on any atom is -0.495 e. The summed E-state index contributed by atoms with van der Waals surface area (Å²) < 4.78 is 45.8. The van der Waals surface area contributed by atoms with Crippen molar-refractivity contribution in [1.82, 2.24) is 0 Å². The molecule has 0 aromatic heterocycles. The zero-order valence-corrected chi connectivity index (χ0v) is 15.5. The quantitative estimate of drug-likeness (QED) is 0.651. The summed E-state index contributed by atoms with van der Waals surface area (Å²) in [5.41, 5.74) is 1.59. The number of rotatable bonds is 6. The molecule has 3 aromatic carbocycles. The number of hydrogen-bond acceptors (Lipinski definition) is 4. The lowest BCUT2D eigenvalue weighted by atomic mass is 10.1. The summed E-state index contributed by atoms with van der Waals surface area (Å²) in [6, 6.07) is 15.8. The average molecular weight is 401 g/mol. The molecule has 0 heterocycles. The van der Waals surface area contributed by atoms with Gasteiger partial charge in [-0.25, -0.2) is 17.6 Å². The van der Waals surface area contributed by atoms with E-state index in [1.54, 1.807) is 24.3 Å². The standard InChI is InChI=1S/C20H16FNO5S/c1-27-19-12-15(20(23)24)6-11-18(19)22-28(25,26)17-9-4-14(5-10-17)13-2-7-16(21)8-3-13/h2-12,22H,1H3,(H,23,24). The molecule has 2 N–H and O–H groups in total. The zero-order valence-electron chi connectivity index (χ0n) is 14.7. The van der Waals surface area contributed by atoms with E-state index < -0.39 is 16.0 Å². The van der Waals surface area contributed by atoms with Crippen LogP contribution in [0, 0.1) is 5.82 Å². The summed E-state index contributed by atoms with van der Waals surface area (Å²) in [6.07, 6.45) is 0. The van der Waals surface area contributed by atoms with Crippen molar-refractivity contribution in [2.75, 3.05) is 11.8 Å². The number of halogens is 1. The molecular weight excluding hydrogens is 385 g/mol. The topological polar surface area (TPSA) is 92.7 Å². The van der Waals surface area contributed by atoms with Crippen LogP contribution in [0.15, 0.2) is 71.6 Å². The van der Waals surface area contributed by atoms with Crippen molar-refractivity contribution in [2.24, 2.45) is 0 Å². The van der Waals surface area contributed by atoms with Gasteiger partial charge in [0.2, 0.25) is 0 Å². The van der Waals surface area contributed by atoms with Gasteiger partial charge in [0.25, 0.3) is 10.0 Å². The van der Waals surface area contributed by atoms with Crippen LogP contribution in [0.25, 0.3) is 11.1 Å². The lowest BCUT2D eigenvalue weighted by molar-refractivity contribution is 0.0696. The fourth-order valence-corrected chi connectivity index (χ4v) is 3.65.